The third-order valence-electron chi connectivity index (χ3n) is 2.83. The van der Waals surface area contributed by atoms with E-state index in [4.69, 9.17) is 5.73 Å². The molecule has 102 valence electrons. The van der Waals surface area contributed by atoms with E-state index in [1.165, 1.54) is 10.9 Å². The summed E-state index contributed by atoms with van der Waals surface area (Å²) in [7, 11) is 1.99. The van der Waals surface area contributed by atoms with Crippen LogP contribution in [0.15, 0.2) is 34.1 Å². The standard InChI is InChI=1S/C14H16BrFN2S/c1-18(8-13-5-12(15)9-19-13)7-11-4-10(6-17)2-3-14(11)16/h2-5,9H,6-8,17H2,1H3. The second-order valence-electron chi connectivity index (χ2n) is 4.53. The molecule has 2 aromatic rings. The lowest BCUT2D eigenvalue weighted by molar-refractivity contribution is 0.316. The number of nitrogens with zero attached hydrogens (tertiary/aromatic N) is 1. The maximum Gasteiger partial charge on any atom is 0.127 e. The van der Waals surface area contributed by atoms with Gasteiger partial charge in [-0.15, -0.1) is 11.3 Å². The first kappa shape index (κ1) is 14.7. The Labute approximate surface area is 125 Å². The molecule has 2 rings (SSSR count). The Morgan fingerprint density at radius 1 is 1.32 bits per heavy atom. The summed E-state index contributed by atoms with van der Waals surface area (Å²) in [5.74, 6) is -0.170. The lowest BCUT2D eigenvalue weighted by atomic mass is 10.1. The molecule has 0 unspecified atom stereocenters. The first-order valence-corrected chi connectivity index (χ1v) is 7.64. The van der Waals surface area contributed by atoms with Crippen LogP contribution >= 0.6 is 27.3 Å². The van der Waals surface area contributed by atoms with Crippen molar-refractivity contribution in [1.29, 1.82) is 0 Å². The first-order valence-electron chi connectivity index (χ1n) is 5.97. The van der Waals surface area contributed by atoms with Gasteiger partial charge in [0.25, 0.3) is 0 Å². The van der Waals surface area contributed by atoms with Crippen molar-refractivity contribution in [2.45, 2.75) is 19.6 Å². The molecule has 1 heterocycles. The number of rotatable bonds is 5. The Morgan fingerprint density at radius 3 is 2.74 bits per heavy atom. The summed E-state index contributed by atoms with van der Waals surface area (Å²) in [5.41, 5.74) is 7.24. The molecule has 0 spiro atoms. The predicted octanol–water partition coefficient (Wildman–Crippen LogP) is 3.74. The van der Waals surface area contributed by atoms with E-state index in [1.807, 2.05) is 13.1 Å². The average Bonchev–Trinajstić information content (AvgIpc) is 2.77. The third-order valence-corrected chi connectivity index (χ3v) is 4.52. The van der Waals surface area contributed by atoms with Crippen LogP contribution in [0.25, 0.3) is 0 Å². The van der Waals surface area contributed by atoms with Gasteiger partial charge in [0.05, 0.1) is 0 Å². The molecule has 0 saturated carbocycles. The van der Waals surface area contributed by atoms with E-state index in [0.29, 0.717) is 18.7 Å². The molecule has 0 atom stereocenters. The van der Waals surface area contributed by atoms with Crippen LogP contribution in [0.3, 0.4) is 0 Å². The van der Waals surface area contributed by atoms with Crippen LogP contribution in [-0.4, -0.2) is 11.9 Å². The smallest absolute Gasteiger partial charge is 0.127 e. The lowest BCUT2D eigenvalue weighted by Crippen LogP contribution is -2.17. The summed E-state index contributed by atoms with van der Waals surface area (Å²) >= 11 is 5.14. The van der Waals surface area contributed by atoms with Gasteiger partial charge in [0.15, 0.2) is 0 Å². The van der Waals surface area contributed by atoms with Crippen LogP contribution in [-0.2, 0) is 19.6 Å². The molecule has 0 aliphatic rings. The second kappa shape index (κ2) is 6.61. The minimum absolute atomic E-state index is 0.170. The Balaban J connectivity index is 2.03. The molecule has 1 aromatic heterocycles. The third kappa shape index (κ3) is 4.11. The highest BCUT2D eigenvalue weighted by molar-refractivity contribution is 9.10. The van der Waals surface area contributed by atoms with Gasteiger partial charge in [-0.2, -0.15) is 0 Å². The molecule has 0 saturated heterocycles. The fraction of sp³-hybridized carbons (Fsp3) is 0.286. The molecular formula is C14H16BrFN2S. The number of nitrogens with two attached hydrogens (primary N) is 1. The summed E-state index contributed by atoms with van der Waals surface area (Å²) < 4.78 is 14.8. The molecule has 5 heteroatoms. The molecule has 2 N–H and O–H groups in total. The van der Waals surface area contributed by atoms with Crippen molar-refractivity contribution in [3.05, 3.63) is 55.9 Å². The van der Waals surface area contributed by atoms with E-state index in [9.17, 15) is 4.39 Å². The molecule has 0 radical (unpaired) electrons. The molecular weight excluding hydrogens is 327 g/mol. The molecule has 0 bridgehead atoms. The lowest BCUT2D eigenvalue weighted by Gasteiger charge is -2.16. The van der Waals surface area contributed by atoms with Crippen molar-refractivity contribution in [3.63, 3.8) is 0 Å². The van der Waals surface area contributed by atoms with Gasteiger partial charge in [0.1, 0.15) is 5.82 Å². The minimum Gasteiger partial charge on any atom is -0.326 e. The number of halogens is 2. The molecule has 0 fully saturated rings. The van der Waals surface area contributed by atoms with Gasteiger partial charge in [-0.1, -0.05) is 12.1 Å². The van der Waals surface area contributed by atoms with Crippen LogP contribution in [0.4, 0.5) is 4.39 Å². The van der Waals surface area contributed by atoms with E-state index in [0.717, 1.165) is 16.6 Å². The van der Waals surface area contributed by atoms with E-state index in [2.05, 4.69) is 32.3 Å². The summed E-state index contributed by atoms with van der Waals surface area (Å²) in [6, 6.07) is 7.16. The maximum absolute atomic E-state index is 13.7. The Kier molecular flexibility index (Phi) is 5.10. The van der Waals surface area contributed by atoms with Gasteiger partial charge in [0.2, 0.25) is 0 Å². The zero-order valence-corrected chi connectivity index (χ0v) is 13.1. The highest BCUT2D eigenvalue weighted by Crippen LogP contribution is 2.21. The molecule has 0 amide bonds. The SMILES string of the molecule is CN(Cc1cc(Br)cs1)Cc1cc(CN)ccc1F. The fourth-order valence-electron chi connectivity index (χ4n) is 1.93. The molecule has 2 nitrogen and oxygen atoms in total. The van der Waals surface area contributed by atoms with Crippen molar-refractivity contribution >= 4 is 27.3 Å². The largest absolute Gasteiger partial charge is 0.326 e. The monoisotopic (exact) mass is 342 g/mol. The van der Waals surface area contributed by atoms with E-state index < -0.39 is 0 Å². The Bertz CT molecular complexity index is 556. The highest BCUT2D eigenvalue weighted by Gasteiger charge is 2.08. The Hall–Kier alpha value is -0.750. The maximum atomic E-state index is 13.7. The first-order chi connectivity index (χ1) is 9.08. The van der Waals surface area contributed by atoms with E-state index in [1.54, 1.807) is 17.4 Å². The normalized spacial score (nSPS) is 11.2. The van der Waals surface area contributed by atoms with Crippen LogP contribution in [0.5, 0.6) is 0 Å². The van der Waals surface area contributed by atoms with Crippen molar-refractivity contribution < 1.29 is 4.39 Å². The van der Waals surface area contributed by atoms with Crippen LogP contribution in [0.2, 0.25) is 0 Å². The number of thiophene rings is 1. The van der Waals surface area contributed by atoms with Gasteiger partial charge < -0.3 is 5.73 Å². The van der Waals surface area contributed by atoms with Crippen LogP contribution in [0.1, 0.15) is 16.0 Å². The van der Waals surface area contributed by atoms with Gasteiger partial charge in [-0.25, -0.2) is 4.39 Å². The quantitative estimate of drug-likeness (QED) is 0.896. The summed E-state index contributed by atoms with van der Waals surface area (Å²) in [5, 5.41) is 2.05. The molecule has 0 aliphatic heterocycles. The number of hydrogen-bond donors (Lipinski definition) is 1. The van der Waals surface area contributed by atoms with Crippen molar-refractivity contribution in [3.8, 4) is 0 Å². The summed E-state index contributed by atoms with van der Waals surface area (Å²) in [6.45, 7) is 1.83. The van der Waals surface area contributed by atoms with Crippen LogP contribution in [0, 0.1) is 5.82 Å². The van der Waals surface area contributed by atoms with Gasteiger partial charge >= 0.3 is 0 Å². The van der Waals surface area contributed by atoms with E-state index in [-0.39, 0.29) is 5.82 Å². The van der Waals surface area contributed by atoms with Gasteiger partial charge in [0, 0.05) is 39.9 Å². The predicted molar refractivity (Wildman–Crippen MR) is 81.5 cm³/mol. The van der Waals surface area contributed by atoms with Crippen molar-refractivity contribution in [1.82, 2.24) is 4.90 Å². The van der Waals surface area contributed by atoms with Gasteiger partial charge in [-0.05, 0) is 40.7 Å². The number of hydrogen-bond acceptors (Lipinski definition) is 3. The van der Waals surface area contributed by atoms with Gasteiger partial charge in [-0.3, -0.25) is 4.90 Å². The molecule has 19 heavy (non-hydrogen) atoms. The van der Waals surface area contributed by atoms with Crippen molar-refractivity contribution in [2.75, 3.05) is 7.05 Å². The minimum atomic E-state index is -0.170. The average molecular weight is 343 g/mol. The zero-order valence-electron chi connectivity index (χ0n) is 10.7. The highest BCUT2D eigenvalue weighted by atomic mass is 79.9. The Morgan fingerprint density at radius 2 is 2.11 bits per heavy atom. The second-order valence-corrected chi connectivity index (χ2v) is 6.44. The van der Waals surface area contributed by atoms with E-state index >= 15 is 0 Å². The van der Waals surface area contributed by atoms with Crippen molar-refractivity contribution in [2.24, 2.45) is 5.73 Å². The molecule has 0 aliphatic carbocycles. The molecule has 1 aromatic carbocycles. The number of benzene rings is 1. The fourth-order valence-corrected chi connectivity index (χ4v) is 3.46. The summed E-state index contributed by atoms with van der Waals surface area (Å²) in [6.07, 6.45) is 0. The summed E-state index contributed by atoms with van der Waals surface area (Å²) in [4.78, 5) is 3.35. The van der Waals surface area contributed by atoms with Crippen LogP contribution < -0.4 is 5.73 Å². The zero-order chi connectivity index (χ0) is 13.8. The topological polar surface area (TPSA) is 29.3 Å².